The van der Waals surface area contributed by atoms with Crippen LogP contribution in [-0.4, -0.2) is 22.9 Å². The van der Waals surface area contributed by atoms with Crippen LogP contribution in [0.15, 0.2) is 36.5 Å². The lowest BCUT2D eigenvalue weighted by Gasteiger charge is -2.11. The summed E-state index contributed by atoms with van der Waals surface area (Å²) in [4.78, 5) is 20.3. The van der Waals surface area contributed by atoms with Crippen molar-refractivity contribution in [2.75, 3.05) is 7.11 Å². The number of benzene rings is 1. The average molecular weight is 324 g/mol. The Labute approximate surface area is 141 Å². The number of methoxy groups -OCH3 is 1. The van der Waals surface area contributed by atoms with Crippen LogP contribution in [0.3, 0.4) is 0 Å². The Hall–Kier alpha value is -2.69. The van der Waals surface area contributed by atoms with E-state index in [1.54, 1.807) is 19.4 Å². The molecule has 0 amide bonds. The van der Waals surface area contributed by atoms with Gasteiger partial charge in [-0.2, -0.15) is 4.98 Å². The van der Waals surface area contributed by atoms with Gasteiger partial charge in [0.25, 0.3) is 0 Å². The summed E-state index contributed by atoms with van der Waals surface area (Å²) in [5.74, 6) is 2.12. The van der Waals surface area contributed by atoms with E-state index in [0.29, 0.717) is 31.2 Å². The quantitative estimate of drug-likeness (QED) is 0.815. The van der Waals surface area contributed by atoms with Gasteiger partial charge in [0.1, 0.15) is 12.4 Å². The fourth-order valence-corrected chi connectivity index (χ4v) is 2.56. The van der Waals surface area contributed by atoms with Crippen LogP contribution in [0.2, 0.25) is 0 Å². The molecule has 0 radical (unpaired) electrons. The van der Waals surface area contributed by atoms with Crippen molar-refractivity contribution in [3.63, 3.8) is 0 Å². The van der Waals surface area contributed by atoms with Crippen molar-refractivity contribution in [1.29, 1.82) is 0 Å². The van der Waals surface area contributed by atoms with Gasteiger partial charge in [0, 0.05) is 23.8 Å². The molecule has 0 spiro atoms. The van der Waals surface area contributed by atoms with Gasteiger partial charge in [0.2, 0.25) is 5.88 Å². The molecular formula is C19H20N2O3. The third-order valence-electron chi connectivity index (χ3n) is 4.00. The molecule has 1 aliphatic rings. The summed E-state index contributed by atoms with van der Waals surface area (Å²) in [5.41, 5.74) is 2.88. The topological polar surface area (TPSA) is 61.3 Å². The SMILES string of the molecule is CCc1cnc(C2=CC(=O)CC2)nc1OCc1ccc(OC)cc1. The maximum atomic E-state index is 11.4. The largest absolute Gasteiger partial charge is 0.497 e. The highest BCUT2D eigenvalue weighted by Gasteiger charge is 2.17. The predicted octanol–water partition coefficient (Wildman–Crippen LogP) is 3.37. The minimum Gasteiger partial charge on any atom is -0.497 e. The Kier molecular flexibility index (Phi) is 4.89. The number of hydrogen-bond donors (Lipinski definition) is 0. The van der Waals surface area contributed by atoms with E-state index in [1.165, 1.54) is 0 Å². The lowest BCUT2D eigenvalue weighted by Crippen LogP contribution is -2.04. The summed E-state index contributed by atoms with van der Waals surface area (Å²) in [6.45, 7) is 2.46. The minimum atomic E-state index is 0.133. The van der Waals surface area contributed by atoms with E-state index in [-0.39, 0.29) is 5.78 Å². The van der Waals surface area contributed by atoms with Crippen LogP contribution < -0.4 is 9.47 Å². The third-order valence-corrected chi connectivity index (χ3v) is 4.00. The number of hydrogen-bond acceptors (Lipinski definition) is 5. The van der Waals surface area contributed by atoms with Crippen LogP contribution >= 0.6 is 0 Å². The number of nitrogens with zero attached hydrogens (tertiary/aromatic N) is 2. The molecule has 124 valence electrons. The van der Waals surface area contributed by atoms with E-state index >= 15 is 0 Å². The third kappa shape index (κ3) is 3.62. The molecule has 0 bridgehead atoms. The van der Waals surface area contributed by atoms with Crippen molar-refractivity contribution >= 4 is 11.4 Å². The van der Waals surface area contributed by atoms with Gasteiger partial charge < -0.3 is 9.47 Å². The molecule has 0 fully saturated rings. The van der Waals surface area contributed by atoms with Crippen molar-refractivity contribution in [2.45, 2.75) is 32.8 Å². The van der Waals surface area contributed by atoms with Crippen LogP contribution in [0.1, 0.15) is 36.7 Å². The summed E-state index contributed by atoms with van der Waals surface area (Å²) in [6.07, 6.45) is 5.44. The Morgan fingerprint density at radius 1 is 1.17 bits per heavy atom. The van der Waals surface area contributed by atoms with E-state index in [2.05, 4.69) is 9.97 Å². The average Bonchev–Trinajstić information content (AvgIpc) is 3.06. The summed E-state index contributed by atoms with van der Waals surface area (Å²) in [5, 5.41) is 0. The highest BCUT2D eigenvalue weighted by molar-refractivity contribution is 6.00. The van der Waals surface area contributed by atoms with E-state index in [0.717, 1.165) is 28.9 Å². The molecule has 0 aliphatic heterocycles. The van der Waals surface area contributed by atoms with E-state index in [1.807, 2.05) is 31.2 Å². The van der Waals surface area contributed by atoms with Crippen molar-refractivity contribution in [3.8, 4) is 11.6 Å². The van der Waals surface area contributed by atoms with Gasteiger partial charge in [-0.1, -0.05) is 19.1 Å². The number of ether oxygens (including phenoxy) is 2. The molecule has 1 aromatic carbocycles. The number of carbonyl (C=O) groups excluding carboxylic acids is 1. The molecule has 1 aliphatic carbocycles. The first-order chi connectivity index (χ1) is 11.7. The highest BCUT2D eigenvalue weighted by Crippen LogP contribution is 2.26. The second-order valence-corrected chi connectivity index (χ2v) is 5.65. The summed E-state index contributed by atoms with van der Waals surface area (Å²) in [6, 6.07) is 7.73. The molecule has 0 atom stereocenters. The minimum absolute atomic E-state index is 0.133. The van der Waals surface area contributed by atoms with Gasteiger partial charge in [0.05, 0.1) is 7.11 Å². The molecular weight excluding hydrogens is 304 g/mol. The molecule has 2 aromatic rings. The van der Waals surface area contributed by atoms with Crippen LogP contribution in [0.4, 0.5) is 0 Å². The predicted molar refractivity (Wildman–Crippen MR) is 91.0 cm³/mol. The van der Waals surface area contributed by atoms with E-state index in [9.17, 15) is 4.79 Å². The molecule has 24 heavy (non-hydrogen) atoms. The molecule has 0 saturated heterocycles. The van der Waals surface area contributed by atoms with Crippen LogP contribution in [0.5, 0.6) is 11.6 Å². The lowest BCUT2D eigenvalue weighted by atomic mass is 10.2. The van der Waals surface area contributed by atoms with Gasteiger partial charge in [-0.15, -0.1) is 0 Å². The fourth-order valence-electron chi connectivity index (χ4n) is 2.56. The van der Waals surface area contributed by atoms with Crippen LogP contribution in [0, 0.1) is 0 Å². The monoisotopic (exact) mass is 324 g/mol. The second-order valence-electron chi connectivity index (χ2n) is 5.65. The summed E-state index contributed by atoms with van der Waals surface area (Å²) >= 11 is 0. The Morgan fingerprint density at radius 2 is 1.96 bits per heavy atom. The second kappa shape index (κ2) is 7.25. The van der Waals surface area contributed by atoms with E-state index < -0.39 is 0 Å². The Morgan fingerprint density at radius 3 is 2.58 bits per heavy atom. The van der Waals surface area contributed by atoms with Crippen LogP contribution in [0.25, 0.3) is 5.57 Å². The number of allylic oxidation sites excluding steroid dienone is 2. The van der Waals surface area contributed by atoms with Crippen LogP contribution in [-0.2, 0) is 17.8 Å². The van der Waals surface area contributed by atoms with Gasteiger partial charge in [-0.3, -0.25) is 4.79 Å². The normalized spacial score (nSPS) is 13.8. The van der Waals surface area contributed by atoms with E-state index in [4.69, 9.17) is 9.47 Å². The molecule has 3 rings (SSSR count). The number of ketones is 1. The molecule has 1 aromatic heterocycles. The van der Waals surface area contributed by atoms with Crippen molar-refractivity contribution in [2.24, 2.45) is 0 Å². The number of rotatable bonds is 6. The first kappa shape index (κ1) is 16.2. The zero-order valence-electron chi connectivity index (χ0n) is 13.9. The smallest absolute Gasteiger partial charge is 0.220 e. The Bertz CT molecular complexity index is 767. The Balaban J connectivity index is 1.77. The molecule has 5 heteroatoms. The van der Waals surface area contributed by atoms with Gasteiger partial charge in [-0.05, 0) is 36.6 Å². The molecule has 0 N–H and O–H groups in total. The maximum Gasteiger partial charge on any atom is 0.220 e. The molecule has 0 unspecified atom stereocenters. The first-order valence-electron chi connectivity index (χ1n) is 8.05. The van der Waals surface area contributed by atoms with Crippen molar-refractivity contribution < 1.29 is 14.3 Å². The zero-order chi connectivity index (χ0) is 16.9. The number of aromatic nitrogens is 2. The maximum absolute atomic E-state index is 11.4. The van der Waals surface area contributed by atoms with Crippen molar-refractivity contribution in [3.05, 3.63) is 53.5 Å². The summed E-state index contributed by atoms with van der Waals surface area (Å²) < 4.78 is 11.1. The van der Waals surface area contributed by atoms with Gasteiger partial charge in [0.15, 0.2) is 11.6 Å². The number of carbonyl (C=O) groups is 1. The molecule has 0 saturated carbocycles. The standard InChI is InChI=1S/C19H20N2O3/c1-3-14-11-20-18(15-6-7-16(22)10-15)21-19(14)24-12-13-4-8-17(23-2)9-5-13/h4-5,8-11H,3,6-7,12H2,1-2H3. The summed E-state index contributed by atoms with van der Waals surface area (Å²) in [7, 11) is 1.64. The first-order valence-corrected chi connectivity index (χ1v) is 8.05. The van der Waals surface area contributed by atoms with Gasteiger partial charge in [-0.25, -0.2) is 4.98 Å². The zero-order valence-corrected chi connectivity index (χ0v) is 13.9. The molecule has 5 nitrogen and oxygen atoms in total. The molecule has 1 heterocycles. The number of aryl methyl sites for hydroxylation is 1. The van der Waals surface area contributed by atoms with Crippen molar-refractivity contribution in [1.82, 2.24) is 9.97 Å². The highest BCUT2D eigenvalue weighted by atomic mass is 16.5. The van der Waals surface area contributed by atoms with Gasteiger partial charge >= 0.3 is 0 Å². The fraction of sp³-hybridized carbons (Fsp3) is 0.316. The lowest BCUT2D eigenvalue weighted by molar-refractivity contribution is -0.114.